The summed E-state index contributed by atoms with van der Waals surface area (Å²) in [5, 5.41) is 17.2. The van der Waals surface area contributed by atoms with E-state index >= 15 is 0 Å². The van der Waals surface area contributed by atoms with Crippen LogP contribution in [-0.2, 0) is 15.0 Å². The van der Waals surface area contributed by atoms with Crippen LogP contribution >= 0.6 is 0 Å². The minimum atomic E-state index is -3.70. The molecule has 0 saturated heterocycles. The molecule has 0 heterocycles. The van der Waals surface area contributed by atoms with Crippen LogP contribution in [0.15, 0.2) is 0 Å². The second-order valence-electron chi connectivity index (χ2n) is 3.95. The van der Waals surface area contributed by atoms with Crippen molar-refractivity contribution in [3.63, 3.8) is 0 Å². The molecule has 0 aliphatic rings. The van der Waals surface area contributed by atoms with Crippen LogP contribution in [0.5, 0.6) is 0 Å². The molecule has 0 aliphatic carbocycles. The molecular weight excluding hydrogens is 258 g/mol. The summed E-state index contributed by atoms with van der Waals surface area (Å²) in [5.41, 5.74) is 0. The summed E-state index contributed by atoms with van der Waals surface area (Å²) >= 11 is 0. The Labute approximate surface area is 108 Å². The van der Waals surface area contributed by atoms with Gasteiger partial charge in [-0.05, 0) is 6.92 Å². The molecule has 0 radical (unpaired) electrons. The van der Waals surface area contributed by atoms with Gasteiger partial charge >= 0.3 is 5.97 Å². The zero-order valence-corrected chi connectivity index (χ0v) is 11.6. The summed E-state index contributed by atoms with van der Waals surface area (Å²) in [6, 6.07) is 1.97. The van der Waals surface area contributed by atoms with Crippen LogP contribution in [-0.4, -0.2) is 54.8 Å². The second-order valence-corrected chi connectivity index (χ2v) is 5.99. The van der Waals surface area contributed by atoms with E-state index in [1.54, 1.807) is 13.8 Å². The van der Waals surface area contributed by atoms with E-state index < -0.39 is 22.1 Å². The summed E-state index contributed by atoms with van der Waals surface area (Å²) in [7, 11) is -2.37. The maximum atomic E-state index is 12.1. The number of carboxylic acid groups (broad SMARTS) is 1. The average Bonchev–Trinajstić information content (AvgIpc) is 2.31. The highest BCUT2D eigenvalue weighted by atomic mass is 32.2. The van der Waals surface area contributed by atoms with Crippen LogP contribution in [0.4, 0.5) is 0 Å². The first-order chi connectivity index (χ1) is 8.25. The van der Waals surface area contributed by atoms with Crippen molar-refractivity contribution in [3.05, 3.63) is 0 Å². The Morgan fingerprint density at radius 3 is 2.44 bits per heavy atom. The number of hydrogen-bond acceptors (Lipinski definition) is 4. The molecule has 1 atom stereocenters. The van der Waals surface area contributed by atoms with Gasteiger partial charge in [-0.3, -0.25) is 4.79 Å². The lowest BCUT2D eigenvalue weighted by Crippen LogP contribution is -2.44. The summed E-state index contributed by atoms with van der Waals surface area (Å²) < 4.78 is 26.3. The number of rotatable bonds is 8. The highest BCUT2D eigenvalue weighted by molar-refractivity contribution is 7.86. The fraction of sp³-hybridized carbons (Fsp3) is 0.800. The van der Waals surface area contributed by atoms with E-state index in [2.05, 4.69) is 0 Å². The molecule has 0 fully saturated rings. The molecule has 0 saturated carbocycles. The zero-order chi connectivity index (χ0) is 14.3. The van der Waals surface area contributed by atoms with E-state index in [9.17, 15) is 13.2 Å². The van der Waals surface area contributed by atoms with E-state index in [0.717, 1.165) is 4.31 Å². The van der Waals surface area contributed by atoms with Gasteiger partial charge in [-0.2, -0.15) is 22.3 Å². The van der Waals surface area contributed by atoms with Gasteiger partial charge in [0.15, 0.2) is 0 Å². The van der Waals surface area contributed by atoms with Gasteiger partial charge in [0.25, 0.3) is 10.2 Å². The number of hydrogen-bond donors (Lipinski definition) is 1. The van der Waals surface area contributed by atoms with Crippen LogP contribution in [0.25, 0.3) is 0 Å². The number of carbonyl (C=O) groups is 1. The van der Waals surface area contributed by atoms with Crippen molar-refractivity contribution < 1.29 is 18.3 Å². The first-order valence-corrected chi connectivity index (χ1v) is 6.98. The van der Waals surface area contributed by atoms with Crippen LogP contribution in [0.2, 0.25) is 0 Å². The van der Waals surface area contributed by atoms with Crippen molar-refractivity contribution in [2.45, 2.75) is 20.3 Å². The summed E-state index contributed by atoms with van der Waals surface area (Å²) in [4.78, 5) is 10.4. The molecule has 0 aliphatic heterocycles. The third kappa shape index (κ3) is 5.00. The topological polar surface area (TPSA) is 102 Å². The Kier molecular flexibility index (Phi) is 6.83. The van der Waals surface area contributed by atoms with Gasteiger partial charge in [-0.15, -0.1) is 0 Å². The Morgan fingerprint density at radius 2 is 2.06 bits per heavy atom. The van der Waals surface area contributed by atoms with Gasteiger partial charge in [0, 0.05) is 26.7 Å². The maximum absolute atomic E-state index is 12.1. The standard InChI is InChI=1S/C10H19N3O4S/c1-4-13(8-9(2)7-11)18(16,17)12(3)6-5-10(14)15/h9H,4-6,8H2,1-3H3,(H,14,15). The summed E-state index contributed by atoms with van der Waals surface area (Å²) in [5.74, 6) is -1.46. The first kappa shape index (κ1) is 16.8. The number of carboxylic acids is 1. The number of aliphatic carboxylic acids is 1. The summed E-state index contributed by atoms with van der Waals surface area (Å²) in [6.07, 6.45) is -0.249. The molecule has 0 aromatic rings. The van der Waals surface area contributed by atoms with Gasteiger partial charge in [0.1, 0.15) is 0 Å². The fourth-order valence-corrected chi connectivity index (χ4v) is 2.75. The van der Waals surface area contributed by atoms with Crippen LogP contribution in [0.1, 0.15) is 20.3 Å². The third-order valence-corrected chi connectivity index (χ3v) is 4.44. The lowest BCUT2D eigenvalue weighted by molar-refractivity contribution is -0.137. The van der Waals surface area contributed by atoms with Crippen molar-refractivity contribution in [3.8, 4) is 6.07 Å². The SMILES string of the molecule is CCN(CC(C)C#N)S(=O)(=O)N(C)CCC(=O)O. The van der Waals surface area contributed by atoms with Gasteiger partial charge in [-0.1, -0.05) is 6.92 Å². The van der Waals surface area contributed by atoms with Gasteiger partial charge in [-0.25, -0.2) is 0 Å². The number of nitrogens with zero attached hydrogens (tertiary/aromatic N) is 3. The van der Waals surface area contributed by atoms with Crippen molar-refractivity contribution in [2.24, 2.45) is 5.92 Å². The van der Waals surface area contributed by atoms with Gasteiger partial charge < -0.3 is 5.11 Å². The van der Waals surface area contributed by atoms with E-state index in [0.29, 0.717) is 0 Å². The normalized spacial score (nSPS) is 13.6. The van der Waals surface area contributed by atoms with E-state index in [1.807, 2.05) is 6.07 Å². The molecule has 8 heteroatoms. The quantitative estimate of drug-likeness (QED) is 0.679. The van der Waals surface area contributed by atoms with Crippen molar-refractivity contribution >= 4 is 16.2 Å². The van der Waals surface area contributed by atoms with Crippen LogP contribution < -0.4 is 0 Å². The Hall–Kier alpha value is -1.17. The first-order valence-electron chi connectivity index (χ1n) is 5.58. The van der Waals surface area contributed by atoms with Crippen LogP contribution in [0, 0.1) is 17.2 Å². The molecule has 0 amide bonds. The maximum Gasteiger partial charge on any atom is 0.304 e. The molecule has 0 aromatic heterocycles. The van der Waals surface area contributed by atoms with E-state index in [4.69, 9.17) is 10.4 Å². The predicted octanol–water partition coefficient (Wildman–Crippen LogP) is 0.119. The number of nitriles is 1. The Morgan fingerprint density at radius 1 is 1.50 bits per heavy atom. The average molecular weight is 277 g/mol. The van der Waals surface area contributed by atoms with Crippen LogP contribution in [0.3, 0.4) is 0 Å². The van der Waals surface area contributed by atoms with E-state index in [-0.39, 0.29) is 26.1 Å². The highest BCUT2D eigenvalue weighted by Crippen LogP contribution is 2.09. The lowest BCUT2D eigenvalue weighted by atomic mass is 10.2. The molecule has 0 aromatic carbocycles. The molecule has 7 nitrogen and oxygen atoms in total. The lowest BCUT2D eigenvalue weighted by Gasteiger charge is -2.26. The molecule has 1 unspecified atom stereocenters. The molecular formula is C10H19N3O4S. The molecule has 104 valence electrons. The highest BCUT2D eigenvalue weighted by Gasteiger charge is 2.27. The zero-order valence-electron chi connectivity index (χ0n) is 10.8. The molecule has 18 heavy (non-hydrogen) atoms. The van der Waals surface area contributed by atoms with Crippen molar-refractivity contribution in [2.75, 3.05) is 26.7 Å². The molecule has 1 N–H and O–H groups in total. The summed E-state index contributed by atoms with van der Waals surface area (Å²) in [6.45, 7) is 3.57. The van der Waals surface area contributed by atoms with E-state index in [1.165, 1.54) is 11.4 Å². The fourth-order valence-electron chi connectivity index (χ4n) is 1.30. The predicted molar refractivity (Wildman–Crippen MR) is 65.8 cm³/mol. The molecule has 0 bridgehead atoms. The third-order valence-electron chi connectivity index (χ3n) is 2.41. The Bertz CT molecular complexity index is 415. The Balaban J connectivity index is 4.76. The molecule has 0 rings (SSSR count). The van der Waals surface area contributed by atoms with Gasteiger partial charge in [0.05, 0.1) is 18.4 Å². The smallest absolute Gasteiger partial charge is 0.304 e. The minimum Gasteiger partial charge on any atom is -0.481 e. The van der Waals surface area contributed by atoms with Crippen molar-refractivity contribution in [1.29, 1.82) is 5.26 Å². The van der Waals surface area contributed by atoms with Gasteiger partial charge in [0.2, 0.25) is 0 Å². The molecule has 0 spiro atoms. The largest absolute Gasteiger partial charge is 0.481 e. The minimum absolute atomic E-state index is 0.0882. The monoisotopic (exact) mass is 277 g/mol. The van der Waals surface area contributed by atoms with Crippen molar-refractivity contribution in [1.82, 2.24) is 8.61 Å². The second kappa shape index (κ2) is 7.31.